The second-order valence-electron chi connectivity index (χ2n) is 6.16. The first kappa shape index (κ1) is 24.3. The van der Waals surface area contributed by atoms with Gasteiger partial charge in [0.25, 0.3) is 0 Å². The van der Waals surface area contributed by atoms with Crippen LogP contribution in [0, 0.1) is 0 Å². The molecule has 0 radical (unpaired) electrons. The summed E-state index contributed by atoms with van der Waals surface area (Å²) in [5, 5.41) is 21.2. The summed E-state index contributed by atoms with van der Waals surface area (Å²) in [7, 11) is 0. The molecule has 3 aromatic rings. The minimum absolute atomic E-state index is 0.248. The van der Waals surface area contributed by atoms with Gasteiger partial charge in [-0.25, -0.2) is 9.78 Å². The SMILES string of the molecule is CC(=O)Nc1ccc([As](=O)(O)O)c(O)c1.NCc1ccc(-c2ncc(C(=O)O)s2)cc1. The van der Waals surface area contributed by atoms with Gasteiger partial charge in [-0.2, -0.15) is 0 Å². The van der Waals surface area contributed by atoms with Gasteiger partial charge in [0.1, 0.15) is 9.88 Å². The summed E-state index contributed by atoms with van der Waals surface area (Å²) in [6, 6.07) is 11.1. The molecule has 164 valence electrons. The van der Waals surface area contributed by atoms with Gasteiger partial charge in [-0.15, -0.1) is 11.3 Å². The number of carbonyl (C=O) groups is 2. The van der Waals surface area contributed by atoms with Crippen LogP contribution in [-0.2, 0) is 15.1 Å². The summed E-state index contributed by atoms with van der Waals surface area (Å²) in [5.41, 5.74) is 7.73. The first-order valence-electron chi connectivity index (χ1n) is 8.66. The third-order valence-electron chi connectivity index (χ3n) is 3.76. The van der Waals surface area contributed by atoms with Crippen molar-refractivity contribution in [2.75, 3.05) is 5.32 Å². The minimum atomic E-state index is -5.09. The van der Waals surface area contributed by atoms with Gasteiger partial charge in [0, 0.05) is 12.1 Å². The molecule has 0 aliphatic heterocycles. The van der Waals surface area contributed by atoms with E-state index < -0.39 is 30.2 Å². The topological polar surface area (TPSA) is 183 Å². The van der Waals surface area contributed by atoms with E-state index in [2.05, 4.69) is 10.3 Å². The van der Waals surface area contributed by atoms with Gasteiger partial charge in [-0.1, -0.05) is 24.3 Å². The van der Waals surface area contributed by atoms with Crippen molar-refractivity contribution in [1.29, 1.82) is 0 Å². The summed E-state index contributed by atoms with van der Waals surface area (Å²) in [5.74, 6) is -1.79. The third kappa shape index (κ3) is 7.05. The molecule has 2 aromatic carbocycles. The molecule has 0 saturated heterocycles. The fraction of sp³-hybridized carbons (Fsp3) is 0.105. The number of nitrogens with zero attached hydrogens (tertiary/aromatic N) is 1. The Morgan fingerprint density at radius 3 is 2.26 bits per heavy atom. The Bertz CT molecular complexity index is 1130. The van der Waals surface area contributed by atoms with Gasteiger partial charge >= 0.3 is 94.1 Å². The van der Waals surface area contributed by atoms with Crippen LogP contribution in [0.2, 0.25) is 0 Å². The van der Waals surface area contributed by atoms with Gasteiger partial charge in [0.2, 0.25) is 0 Å². The first-order valence-corrected chi connectivity index (χ1v) is 12.9. The average molecular weight is 509 g/mol. The van der Waals surface area contributed by atoms with Gasteiger partial charge in [0.05, 0.1) is 6.20 Å². The quantitative estimate of drug-likeness (QED) is 0.272. The number of benzene rings is 2. The van der Waals surface area contributed by atoms with E-state index in [4.69, 9.17) is 19.0 Å². The standard InChI is InChI=1S/C11H10N2O2S.C8H10AsNO5/c12-5-7-1-3-8(4-2-7)10-13-6-9(16-10)11(14)15;1-5(11)10-6-2-3-7(8(12)4-6)9(13,14)15/h1-4,6H,5,12H2,(H,14,15);2-4,12H,1H3,(H,10,11)(H2,13,14,15). The van der Waals surface area contributed by atoms with E-state index in [0.717, 1.165) is 23.3 Å². The molecule has 12 heteroatoms. The number of hydrogen-bond acceptors (Lipinski definition) is 7. The maximum absolute atomic E-state index is 10.9. The van der Waals surface area contributed by atoms with Crippen molar-refractivity contribution in [3.05, 3.63) is 59.1 Å². The van der Waals surface area contributed by atoms with Gasteiger partial charge in [0.15, 0.2) is 0 Å². The van der Waals surface area contributed by atoms with E-state index in [1.165, 1.54) is 30.5 Å². The number of thiazole rings is 1. The van der Waals surface area contributed by atoms with E-state index in [1.807, 2.05) is 24.3 Å². The zero-order chi connectivity index (χ0) is 23.2. The van der Waals surface area contributed by atoms with Crippen LogP contribution >= 0.6 is 11.3 Å². The third-order valence-corrected chi connectivity index (χ3v) is 6.91. The number of carboxylic acid groups (broad SMARTS) is 1. The van der Waals surface area contributed by atoms with E-state index >= 15 is 0 Å². The number of amides is 1. The summed E-state index contributed by atoms with van der Waals surface area (Å²) in [6.45, 7) is 1.79. The Hall–Kier alpha value is -2.95. The molecule has 1 heterocycles. The molecule has 31 heavy (non-hydrogen) atoms. The molecule has 0 aliphatic carbocycles. The molecule has 7 N–H and O–H groups in total. The van der Waals surface area contributed by atoms with Crippen LogP contribution in [0.25, 0.3) is 10.6 Å². The number of nitrogens with one attached hydrogen (secondary N) is 1. The van der Waals surface area contributed by atoms with Crippen molar-refractivity contribution in [1.82, 2.24) is 4.98 Å². The second-order valence-corrected chi connectivity index (χ2v) is 10.5. The molecule has 1 amide bonds. The second kappa shape index (κ2) is 10.4. The zero-order valence-electron chi connectivity index (χ0n) is 16.2. The van der Waals surface area contributed by atoms with Crippen LogP contribution in [0.1, 0.15) is 22.2 Å². The molecule has 0 aliphatic rings. The predicted molar refractivity (Wildman–Crippen MR) is 115 cm³/mol. The summed E-state index contributed by atoms with van der Waals surface area (Å²) < 4.78 is 28.2. The largest absolute Gasteiger partial charge is 0.477 e. The number of nitrogens with two attached hydrogens (primary N) is 1. The number of rotatable bonds is 5. The molecule has 0 spiro atoms. The Morgan fingerprint density at radius 2 is 1.81 bits per heavy atom. The molecule has 0 atom stereocenters. The van der Waals surface area contributed by atoms with Gasteiger partial charge in [-0.3, -0.25) is 0 Å². The van der Waals surface area contributed by atoms with Crippen LogP contribution < -0.4 is 15.4 Å². The van der Waals surface area contributed by atoms with Crippen LogP contribution in [0.5, 0.6) is 5.75 Å². The Kier molecular flexibility index (Phi) is 8.14. The summed E-state index contributed by atoms with van der Waals surface area (Å²) in [6.07, 6.45) is 1.37. The zero-order valence-corrected chi connectivity index (χ0v) is 18.9. The van der Waals surface area contributed by atoms with Crippen molar-refractivity contribution in [3.8, 4) is 16.3 Å². The Labute approximate surface area is 184 Å². The molecular formula is C19H20AsN3O7S. The molecule has 0 bridgehead atoms. The number of aromatic nitrogens is 1. The van der Waals surface area contributed by atoms with Crippen LogP contribution in [0.3, 0.4) is 0 Å². The maximum atomic E-state index is 10.9. The minimum Gasteiger partial charge on any atom is -0.477 e. The molecule has 3 rings (SSSR count). The van der Waals surface area contributed by atoms with Crippen LogP contribution in [0.15, 0.2) is 48.7 Å². The van der Waals surface area contributed by atoms with E-state index in [1.54, 1.807) is 0 Å². The fourth-order valence-corrected chi connectivity index (χ4v) is 4.43. The molecule has 0 unspecified atom stereocenters. The number of aromatic hydroxyl groups is 1. The number of phenolic OH excluding ortho intramolecular Hbond substituents is 1. The smallest absolute Gasteiger partial charge is 0.347 e. The number of carbonyl (C=O) groups excluding carboxylic acids is 1. The monoisotopic (exact) mass is 509 g/mol. The molecule has 10 nitrogen and oxygen atoms in total. The predicted octanol–water partition coefficient (Wildman–Crippen LogP) is 0.879. The van der Waals surface area contributed by atoms with Crippen molar-refractivity contribution in [2.24, 2.45) is 5.73 Å². The number of hydrogen-bond donors (Lipinski definition) is 6. The van der Waals surface area contributed by atoms with Crippen molar-refractivity contribution in [3.63, 3.8) is 0 Å². The summed E-state index contributed by atoms with van der Waals surface area (Å²) >= 11 is -3.92. The molecule has 0 saturated carbocycles. The average Bonchev–Trinajstić information content (AvgIpc) is 3.18. The molecular weight excluding hydrogens is 489 g/mol. The number of aromatic carboxylic acids is 1. The van der Waals surface area contributed by atoms with E-state index in [0.29, 0.717) is 11.6 Å². The normalized spacial score (nSPS) is 10.7. The molecule has 1 aromatic heterocycles. The maximum Gasteiger partial charge on any atom is 0.347 e. The number of phenols is 1. The first-order chi connectivity index (χ1) is 14.5. The fourth-order valence-electron chi connectivity index (χ4n) is 2.34. The Morgan fingerprint density at radius 1 is 1.16 bits per heavy atom. The van der Waals surface area contributed by atoms with Crippen molar-refractivity contribution < 1.29 is 31.7 Å². The van der Waals surface area contributed by atoms with Gasteiger partial charge < -0.3 is 10.8 Å². The van der Waals surface area contributed by atoms with Crippen LogP contribution in [-0.4, -0.2) is 49.4 Å². The number of carboxylic acids is 1. The van der Waals surface area contributed by atoms with E-state index in [-0.39, 0.29) is 16.5 Å². The summed E-state index contributed by atoms with van der Waals surface area (Å²) in [4.78, 5) is 25.7. The molecule has 0 fully saturated rings. The Balaban J connectivity index is 0.000000221. The van der Waals surface area contributed by atoms with Crippen molar-refractivity contribution in [2.45, 2.75) is 13.5 Å². The van der Waals surface area contributed by atoms with E-state index in [9.17, 15) is 18.4 Å². The van der Waals surface area contributed by atoms with Crippen molar-refractivity contribution >= 4 is 47.4 Å². The number of anilines is 1. The van der Waals surface area contributed by atoms with Crippen LogP contribution in [0.4, 0.5) is 5.69 Å². The van der Waals surface area contributed by atoms with Gasteiger partial charge in [-0.05, 0) is 5.56 Å².